The van der Waals surface area contributed by atoms with E-state index < -0.39 is 15.9 Å². The number of nitrogens with zero attached hydrogens (tertiary/aromatic N) is 4. The molecular formula is C16H11N5O3S. The predicted molar refractivity (Wildman–Crippen MR) is 88.9 cm³/mol. The van der Waals surface area contributed by atoms with Crippen LogP contribution in [0.3, 0.4) is 0 Å². The van der Waals surface area contributed by atoms with Crippen LogP contribution in [0.5, 0.6) is 0 Å². The minimum Gasteiger partial charge on any atom is -0.265 e. The van der Waals surface area contributed by atoms with E-state index >= 15 is 0 Å². The molecule has 1 N–H and O–H groups in total. The summed E-state index contributed by atoms with van der Waals surface area (Å²) in [6.45, 7) is -0.103. The van der Waals surface area contributed by atoms with E-state index in [0.717, 1.165) is 0 Å². The monoisotopic (exact) mass is 353 g/mol. The van der Waals surface area contributed by atoms with Crippen LogP contribution in [0.1, 0.15) is 16.2 Å². The van der Waals surface area contributed by atoms with Crippen molar-refractivity contribution >= 4 is 32.7 Å². The summed E-state index contributed by atoms with van der Waals surface area (Å²) in [6.07, 6.45) is 0. The minimum absolute atomic E-state index is 0.103. The highest BCUT2D eigenvalue weighted by atomic mass is 32.2. The molecule has 1 aromatic heterocycles. The van der Waals surface area contributed by atoms with E-state index in [1.165, 1.54) is 12.1 Å². The first-order valence-corrected chi connectivity index (χ1v) is 8.83. The van der Waals surface area contributed by atoms with Gasteiger partial charge in [0, 0.05) is 0 Å². The minimum atomic E-state index is -3.67. The Morgan fingerprint density at radius 2 is 1.72 bits per heavy atom. The second kappa shape index (κ2) is 5.80. The fourth-order valence-corrected chi connectivity index (χ4v) is 3.53. The number of carbonyl (C=O) groups is 1. The average molecular weight is 353 g/mol. The number of azo groups is 1. The summed E-state index contributed by atoms with van der Waals surface area (Å²) in [5, 5.41) is 7.88. The number of rotatable bonds is 4. The topological polar surface area (TPSA) is 114 Å². The zero-order chi connectivity index (χ0) is 17.4. The molecule has 0 spiro atoms. The largest absolute Gasteiger partial charge is 0.296 e. The molecule has 25 heavy (non-hydrogen) atoms. The molecule has 8 nitrogen and oxygen atoms in total. The van der Waals surface area contributed by atoms with Crippen LogP contribution in [-0.4, -0.2) is 24.3 Å². The van der Waals surface area contributed by atoms with Crippen LogP contribution in [0.15, 0.2) is 63.7 Å². The maximum atomic E-state index is 12.3. The van der Waals surface area contributed by atoms with Crippen molar-refractivity contribution in [3.63, 3.8) is 0 Å². The van der Waals surface area contributed by atoms with E-state index in [-0.39, 0.29) is 23.1 Å². The average Bonchev–Trinajstić information content (AvgIpc) is 2.64. The Hall–Kier alpha value is -3.04. The molecule has 2 heterocycles. The van der Waals surface area contributed by atoms with E-state index in [9.17, 15) is 13.2 Å². The maximum absolute atomic E-state index is 12.3. The van der Waals surface area contributed by atoms with Crippen LogP contribution in [0.25, 0.3) is 10.9 Å². The number of hydrogen-bond acceptors (Lipinski definition) is 6. The van der Waals surface area contributed by atoms with Crippen LogP contribution in [-0.2, 0) is 16.6 Å². The maximum Gasteiger partial charge on any atom is 0.296 e. The molecule has 0 aliphatic carbocycles. The molecule has 3 aromatic rings. The van der Waals surface area contributed by atoms with Crippen molar-refractivity contribution in [1.82, 2.24) is 14.7 Å². The molecule has 0 saturated carbocycles. The van der Waals surface area contributed by atoms with Crippen LogP contribution >= 0.6 is 0 Å². The molecule has 2 aromatic carbocycles. The predicted octanol–water partition coefficient (Wildman–Crippen LogP) is 2.35. The Morgan fingerprint density at radius 1 is 0.920 bits per heavy atom. The van der Waals surface area contributed by atoms with Crippen LogP contribution in [0, 0.1) is 0 Å². The number of sulfonamides is 1. The Kier molecular flexibility index (Phi) is 3.59. The number of benzene rings is 2. The number of amides is 1. The van der Waals surface area contributed by atoms with Crippen molar-refractivity contribution in [2.45, 2.75) is 11.4 Å². The highest BCUT2D eigenvalue weighted by Crippen LogP contribution is 2.30. The lowest BCUT2D eigenvalue weighted by atomic mass is 10.1. The Morgan fingerprint density at radius 3 is 2.52 bits per heavy atom. The normalized spacial score (nSPS) is 13.4. The molecule has 0 unspecified atom stereocenters. The molecule has 4 rings (SSSR count). The van der Waals surface area contributed by atoms with Gasteiger partial charge in [0.25, 0.3) is 5.91 Å². The van der Waals surface area contributed by atoms with Gasteiger partial charge >= 0.3 is 0 Å². The van der Waals surface area contributed by atoms with Crippen molar-refractivity contribution in [2.24, 2.45) is 10.2 Å². The lowest BCUT2D eigenvalue weighted by molar-refractivity contribution is 0.0995. The van der Waals surface area contributed by atoms with E-state index in [0.29, 0.717) is 16.5 Å². The van der Waals surface area contributed by atoms with Gasteiger partial charge in [0.1, 0.15) is 5.82 Å². The van der Waals surface area contributed by atoms with Crippen molar-refractivity contribution in [3.8, 4) is 0 Å². The second-order valence-electron chi connectivity index (χ2n) is 5.31. The summed E-state index contributed by atoms with van der Waals surface area (Å²) in [5.74, 6) is 0.0563. The number of aromatic nitrogens is 2. The third-order valence-corrected chi connectivity index (χ3v) is 5.11. The zero-order valence-electron chi connectivity index (χ0n) is 12.7. The van der Waals surface area contributed by atoms with Gasteiger partial charge in [-0.3, -0.25) is 4.79 Å². The van der Waals surface area contributed by atoms with Crippen LogP contribution in [0.4, 0.5) is 5.82 Å². The number of nitrogens with one attached hydrogen (secondary N) is 1. The van der Waals surface area contributed by atoms with Crippen molar-refractivity contribution < 1.29 is 13.2 Å². The van der Waals surface area contributed by atoms with Gasteiger partial charge in [-0.25, -0.2) is 23.1 Å². The third kappa shape index (κ3) is 2.79. The summed E-state index contributed by atoms with van der Waals surface area (Å²) >= 11 is 0. The summed E-state index contributed by atoms with van der Waals surface area (Å²) in [6, 6.07) is 13.1. The quantitative estimate of drug-likeness (QED) is 0.773. The van der Waals surface area contributed by atoms with E-state index in [2.05, 4.69) is 24.9 Å². The van der Waals surface area contributed by atoms with Gasteiger partial charge in [0.2, 0.25) is 10.0 Å². The first-order chi connectivity index (χ1) is 12.0. The Balaban J connectivity index is 1.68. The van der Waals surface area contributed by atoms with Gasteiger partial charge in [-0.1, -0.05) is 24.3 Å². The fraction of sp³-hybridized carbons (Fsp3) is 0.0625. The fourth-order valence-electron chi connectivity index (χ4n) is 2.53. The van der Waals surface area contributed by atoms with Gasteiger partial charge in [-0.2, -0.15) is 0 Å². The van der Waals surface area contributed by atoms with E-state index in [1.807, 2.05) is 0 Å². The highest BCUT2D eigenvalue weighted by molar-refractivity contribution is 7.89. The third-order valence-electron chi connectivity index (χ3n) is 3.69. The smallest absolute Gasteiger partial charge is 0.265 e. The molecule has 1 amide bonds. The lowest BCUT2D eigenvalue weighted by Gasteiger charge is -2.11. The molecule has 0 fully saturated rings. The SMILES string of the molecule is O=C1N=Nc2nc(CNS(=O)(=O)c3ccccc3)nc3cccc1c23. The molecule has 0 atom stereocenters. The zero-order valence-corrected chi connectivity index (χ0v) is 13.6. The first-order valence-electron chi connectivity index (χ1n) is 7.35. The molecule has 1 aliphatic heterocycles. The molecule has 9 heteroatoms. The van der Waals surface area contributed by atoms with E-state index in [1.54, 1.807) is 36.4 Å². The van der Waals surface area contributed by atoms with Gasteiger partial charge in [-0.15, -0.1) is 10.2 Å². The second-order valence-corrected chi connectivity index (χ2v) is 7.07. The first kappa shape index (κ1) is 15.5. The standard InChI is InChI=1S/C16H11N5O3S/c22-16-11-7-4-8-12-14(11)15(20-21-16)19-13(18-12)9-17-25(23,24)10-5-2-1-3-6-10/h1-8,17H,9H2. The molecular weight excluding hydrogens is 342 g/mol. The summed E-state index contributed by atoms with van der Waals surface area (Å²) in [7, 11) is -3.67. The molecule has 1 aliphatic rings. The van der Waals surface area contributed by atoms with E-state index in [4.69, 9.17) is 0 Å². The molecule has 0 saturated heterocycles. The molecule has 0 radical (unpaired) electrons. The lowest BCUT2D eigenvalue weighted by Crippen LogP contribution is -2.24. The van der Waals surface area contributed by atoms with Gasteiger partial charge in [0.05, 0.1) is 27.9 Å². The Labute approximate surface area is 142 Å². The summed E-state index contributed by atoms with van der Waals surface area (Å²) in [4.78, 5) is 20.5. The van der Waals surface area contributed by atoms with Gasteiger partial charge in [-0.05, 0) is 24.3 Å². The summed E-state index contributed by atoms with van der Waals surface area (Å²) in [5.41, 5.74) is 0.905. The van der Waals surface area contributed by atoms with Crippen molar-refractivity contribution in [2.75, 3.05) is 0 Å². The number of carbonyl (C=O) groups excluding carboxylic acids is 1. The molecule has 0 bridgehead atoms. The van der Waals surface area contributed by atoms with Crippen LogP contribution in [0.2, 0.25) is 0 Å². The number of hydrogen-bond donors (Lipinski definition) is 1. The Bertz CT molecular complexity index is 1130. The molecule has 124 valence electrons. The van der Waals surface area contributed by atoms with Crippen molar-refractivity contribution in [3.05, 3.63) is 59.9 Å². The van der Waals surface area contributed by atoms with Crippen LogP contribution < -0.4 is 4.72 Å². The van der Waals surface area contributed by atoms with Crippen molar-refractivity contribution in [1.29, 1.82) is 0 Å². The highest BCUT2D eigenvalue weighted by Gasteiger charge is 2.21. The van der Waals surface area contributed by atoms with Gasteiger partial charge in [0.15, 0.2) is 5.82 Å². The summed E-state index contributed by atoms with van der Waals surface area (Å²) < 4.78 is 27.0. The van der Waals surface area contributed by atoms with Gasteiger partial charge < -0.3 is 0 Å².